The number of amides is 1. The summed E-state index contributed by atoms with van der Waals surface area (Å²) in [5, 5.41) is 0. The molecule has 1 saturated carbocycles. The maximum absolute atomic E-state index is 13.4. The molecule has 1 aromatic rings. The Bertz CT molecular complexity index is 651. The van der Waals surface area contributed by atoms with Gasteiger partial charge in [0.2, 0.25) is 5.91 Å². The first-order valence-corrected chi connectivity index (χ1v) is 10.0. The lowest BCUT2D eigenvalue weighted by Gasteiger charge is -2.37. The molecule has 0 spiro atoms. The van der Waals surface area contributed by atoms with Gasteiger partial charge < -0.3 is 14.4 Å². The highest BCUT2D eigenvalue weighted by atomic mass is 16.7. The smallest absolute Gasteiger partial charge is 0.233 e. The third kappa shape index (κ3) is 3.29. The molecule has 4 nitrogen and oxygen atoms in total. The summed E-state index contributed by atoms with van der Waals surface area (Å²) in [6.07, 6.45) is 3.95. The van der Waals surface area contributed by atoms with Gasteiger partial charge in [-0.1, -0.05) is 45.0 Å². The molecule has 2 saturated heterocycles. The monoisotopic (exact) mass is 357 g/mol. The molecule has 1 aromatic carbocycles. The molecule has 3 aliphatic rings. The average Bonchev–Trinajstić information content (AvgIpc) is 3.26. The Balaban J connectivity index is 1.48. The van der Waals surface area contributed by atoms with E-state index in [-0.39, 0.29) is 17.1 Å². The minimum Gasteiger partial charge on any atom is -0.350 e. The quantitative estimate of drug-likeness (QED) is 0.829. The fourth-order valence-corrected chi connectivity index (χ4v) is 4.41. The fourth-order valence-electron chi connectivity index (χ4n) is 4.41. The van der Waals surface area contributed by atoms with Crippen molar-refractivity contribution in [3.8, 4) is 0 Å². The topological polar surface area (TPSA) is 38.8 Å². The van der Waals surface area contributed by atoms with Crippen LogP contribution in [0.25, 0.3) is 0 Å². The normalized spacial score (nSPS) is 26.1. The summed E-state index contributed by atoms with van der Waals surface area (Å²) in [6, 6.07) is 8.75. The molecule has 0 N–H and O–H groups in total. The Morgan fingerprint density at radius 1 is 1.12 bits per heavy atom. The van der Waals surface area contributed by atoms with Gasteiger partial charge in [0.05, 0.1) is 18.6 Å². The lowest BCUT2D eigenvalue weighted by Crippen LogP contribution is -2.47. The van der Waals surface area contributed by atoms with Gasteiger partial charge >= 0.3 is 0 Å². The van der Waals surface area contributed by atoms with E-state index in [1.165, 1.54) is 11.1 Å². The van der Waals surface area contributed by atoms with Crippen LogP contribution in [0, 0.1) is 5.92 Å². The molecule has 0 bridgehead atoms. The van der Waals surface area contributed by atoms with Gasteiger partial charge in [-0.2, -0.15) is 0 Å². The first-order chi connectivity index (χ1) is 12.4. The second-order valence-corrected chi connectivity index (χ2v) is 9.17. The highest BCUT2D eigenvalue weighted by molar-refractivity contribution is 5.91. The predicted molar refractivity (Wildman–Crippen MR) is 101 cm³/mol. The van der Waals surface area contributed by atoms with Gasteiger partial charge in [-0.25, -0.2) is 0 Å². The van der Waals surface area contributed by atoms with Gasteiger partial charge in [0.15, 0.2) is 6.29 Å². The number of carbonyl (C=O) groups excluding carboxylic acids is 1. The Labute approximate surface area is 156 Å². The SMILES string of the molecule is CC(C)(C)c1ccc(C2(C(=O)N3CCCC(C4OCCO4)C3)CC2)cc1. The summed E-state index contributed by atoms with van der Waals surface area (Å²) in [5.41, 5.74) is 2.36. The molecular formula is C22H31NO3. The van der Waals surface area contributed by atoms with E-state index in [0.717, 1.165) is 38.8 Å². The van der Waals surface area contributed by atoms with Crippen molar-refractivity contribution in [1.29, 1.82) is 0 Å². The van der Waals surface area contributed by atoms with Gasteiger partial charge in [0.25, 0.3) is 0 Å². The fraction of sp³-hybridized carbons (Fsp3) is 0.682. The first kappa shape index (κ1) is 18.0. The van der Waals surface area contributed by atoms with Crippen molar-refractivity contribution >= 4 is 5.91 Å². The molecule has 2 heterocycles. The predicted octanol–water partition coefficient (Wildman–Crippen LogP) is 3.63. The maximum atomic E-state index is 13.4. The number of carbonyl (C=O) groups is 1. The molecule has 1 amide bonds. The van der Waals surface area contributed by atoms with Gasteiger partial charge in [0, 0.05) is 19.0 Å². The summed E-state index contributed by atoms with van der Waals surface area (Å²) in [6.45, 7) is 9.66. The van der Waals surface area contributed by atoms with Crippen molar-refractivity contribution in [3.63, 3.8) is 0 Å². The van der Waals surface area contributed by atoms with E-state index in [0.29, 0.717) is 25.0 Å². The highest BCUT2D eigenvalue weighted by Crippen LogP contribution is 2.50. The standard InChI is InChI=1S/C22H31NO3/c1-21(2,3)17-6-8-18(9-7-17)22(10-11-22)20(24)23-12-4-5-16(15-23)19-25-13-14-26-19/h6-9,16,19H,4-5,10-15H2,1-3H3. The van der Waals surface area contributed by atoms with Crippen LogP contribution >= 0.6 is 0 Å². The van der Waals surface area contributed by atoms with Crippen LogP contribution in [-0.4, -0.2) is 43.4 Å². The molecule has 142 valence electrons. The lowest BCUT2D eigenvalue weighted by atomic mass is 9.84. The number of hydrogen-bond donors (Lipinski definition) is 0. The van der Waals surface area contributed by atoms with E-state index in [1.54, 1.807) is 0 Å². The Kier molecular flexibility index (Phi) is 4.60. The Morgan fingerprint density at radius 3 is 2.35 bits per heavy atom. The van der Waals surface area contributed by atoms with Crippen LogP contribution in [0.5, 0.6) is 0 Å². The largest absolute Gasteiger partial charge is 0.350 e. The van der Waals surface area contributed by atoms with E-state index in [2.05, 4.69) is 49.9 Å². The summed E-state index contributed by atoms with van der Waals surface area (Å²) in [7, 11) is 0. The molecular weight excluding hydrogens is 326 g/mol. The van der Waals surface area contributed by atoms with Crippen molar-refractivity contribution in [3.05, 3.63) is 35.4 Å². The second-order valence-electron chi connectivity index (χ2n) is 9.17. The number of rotatable bonds is 3. The van der Waals surface area contributed by atoms with Crippen LogP contribution in [0.15, 0.2) is 24.3 Å². The third-order valence-electron chi connectivity index (χ3n) is 6.24. The Hall–Kier alpha value is -1.39. The van der Waals surface area contributed by atoms with E-state index in [9.17, 15) is 4.79 Å². The number of ether oxygens (including phenoxy) is 2. The molecule has 4 rings (SSSR count). The zero-order valence-electron chi connectivity index (χ0n) is 16.3. The zero-order valence-corrected chi connectivity index (χ0v) is 16.3. The molecule has 0 radical (unpaired) electrons. The number of hydrogen-bond acceptors (Lipinski definition) is 3. The summed E-state index contributed by atoms with van der Waals surface area (Å²) in [5.74, 6) is 0.623. The van der Waals surface area contributed by atoms with Gasteiger partial charge in [0.1, 0.15) is 0 Å². The van der Waals surface area contributed by atoms with E-state index < -0.39 is 0 Å². The van der Waals surface area contributed by atoms with Crippen molar-refractivity contribution < 1.29 is 14.3 Å². The van der Waals surface area contributed by atoms with Crippen molar-refractivity contribution in [2.45, 2.75) is 63.6 Å². The highest BCUT2D eigenvalue weighted by Gasteiger charge is 2.53. The van der Waals surface area contributed by atoms with Crippen molar-refractivity contribution in [1.82, 2.24) is 4.90 Å². The van der Waals surface area contributed by atoms with E-state index in [4.69, 9.17) is 9.47 Å². The molecule has 26 heavy (non-hydrogen) atoms. The Morgan fingerprint density at radius 2 is 1.77 bits per heavy atom. The number of nitrogens with zero attached hydrogens (tertiary/aromatic N) is 1. The van der Waals surface area contributed by atoms with E-state index in [1.807, 2.05) is 0 Å². The van der Waals surface area contributed by atoms with Gasteiger partial charge in [-0.15, -0.1) is 0 Å². The van der Waals surface area contributed by atoms with Crippen LogP contribution < -0.4 is 0 Å². The second kappa shape index (κ2) is 6.65. The van der Waals surface area contributed by atoms with E-state index >= 15 is 0 Å². The number of benzene rings is 1. The minimum absolute atomic E-state index is 0.119. The molecule has 4 heteroatoms. The third-order valence-corrected chi connectivity index (χ3v) is 6.24. The average molecular weight is 357 g/mol. The summed E-state index contributed by atoms with van der Waals surface area (Å²) in [4.78, 5) is 15.4. The lowest BCUT2D eigenvalue weighted by molar-refractivity contribution is -0.141. The zero-order chi connectivity index (χ0) is 18.4. The van der Waals surface area contributed by atoms with Crippen molar-refractivity contribution in [2.24, 2.45) is 5.92 Å². The molecule has 3 fully saturated rings. The van der Waals surface area contributed by atoms with Crippen molar-refractivity contribution in [2.75, 3.05) is 26.3 Å². The number of piperidine rings is 1. The summed E-state index contributed by atoms with van der Waals surface area (Å²) >= 11 is 0. The van der Waals surface area contributed by atoms with Crippen LogP contribution in [0.1, 0.15) is 57.6 Å². The first-order valence-electron chi connectivity index (χ1n) is 10.0. The van der Waals surface area contributed by atoms with Gasteiger partial charge in [-0.05, 0) is 42.2 Å². The van der Waals surface area contributed by atoms with Crippen LogP contribution in [0.2, 0.25) is 0 Å². The van der Waals surface area contributed by atoms with Crippen LogP contribution in [-0.2, 0) is 25.1 Å². The molecule has 0 aromatic heterocycles. The molecule has 1 aliphatic carbocycles. The maximum Gasteiger partial charge on any atom is 0.233 e. The van der Waals surface area contributed by atoms with Crippen LogP contribution in [0.4, 0.5) is 0 Å². The minimum atomic E-state index is -0.282. The van der Waals surface area contributed by atoms with Gasteiger partial charge in [-0.3, -0.25) is 4.79 Å². The number of likely N-dealkylation sites (tertiary alicyclic amines) is 1. The van der Waals surface area contributed by atoms with Crippen LogP contribution in [0.3, 0.4) is 0 Å². The molecule has 1 unspecified atom stereocenters. The molecule has 1 atom stereocenters. The summed E-state index contributed by atoms with van der Waals surface area (Å²) < 4.78 is 11.4. The molecule has 2 aliphatic heterocycles.